The highest BCUT2D eigenvalue weighted by Gasteiger charge is 2.22. The number of hydrogen-bond acceptors (Lipinski definition) is 0. The highest BCUT2D eigenvalue weighted by Crippen LogP contribution is 2.42. The smallest absolute Gasteiger partial charge is 0.0216 e. The maximum atomic E-state index is 3.65. The van der Waals surface area contributed by atoms with Crippen molar-refractivity contribution in [3.8, 4) is 0 Å². The van der Waals surface area contributed by atoms with E-state index in [9.17, 15) is 0 Å². The molecule has 0 nitrogen and oxygen atoms in total. The average Bonchev–Trinajstić information content (AvgIpc) is 2.30. The monoisotopic (exact) mass is 306 g/mol. The van der Waals surface area contributed by atoms with E-state index in [0.29, 0.717) is 0 Å². The standard InChI is InChI=1S/C15H16BrP/c1-15(2,13-10-6-7-11-14(13)16)17-12-8-4-3-5-9-12/h3-11,17H,1-2H3. The first-order valence-corrected chi connectivity index (χ1v) is 7.47. The van der Waals surface area contributed by atoms with Gasteiger partial charge in [0.05, 0.1) is 0 Å². The van der Waals surface area contributed by atoms with Crippen molar-refractivity contribution in [2.24, 2.45) is 0 Å². The molecule has 0 bridgehead atoms. The molecule has 0 aliphatic heterocycles. The first kappa shape index (κ1) is 12.8. The highest BCUT2D eigenvalue weighted by atomic mass is 79.9. The van der Waals surface area contributed by atoms with E-state index in [-0.39, 0.29) is 5.16 Å². The van der Waals surface area contributed by atoms with Crippen LogP contribution in [-0.2, 0) is 5.16 Å². The van der Waals surface area contributed by atoms with E-state index in [2.05, 4.69) is 84.4 Å². The molecular weight excluding hydrogens is 291 g/mol. The first-order valence-electron chi connectivity index (χ1n) is 5.68. The van der Waals surface area contributed by atoms with E-state index < -0.39 is 0 Å². The van der Waals surface area contributed by atoms with E-state index in [4.69, 9.17) is 0 Å². The van der Waals surface area contributed by atoms with E-state index in [1.165, 1.54) is 15.3 Å². The van der Waals surface area contributed by atoms with Crippen LogP contribution in [0, 0.1) is 0 Å². The Morgan fingerprint density at radius 2 is 1.47 bits per heavy atom. The van der Waals surface area contributed by atoms with Crippen LogP contribution in [0.25, 0.3) is 0 Å². The summed E-state index contributed by atoms with van der Waals surface area (Å²) in [5.41, 5.74) is 1.38. The first-order chi connectivity index (χ1) is 8.09. The minimum absolute atomic E-state index is 0.168. The Kier molecular flexibility index (Phi) is 4.01. The molecule has 17 heavy (non-hydrogen) atoms. The lowest BCUT2D eigenvalue weighted by atomic mass is 10.0. The van der Waals surface area contributed by atoms with Crippen LogP contribution in [0.2, 0.25) is 0 Å². The Morgan fingerprint density at radius 3 is 2.12 bits per heavy atom. The zero-order valence-corrected chi connectivity index (χ0v) is 12.7. The third-order valence-electron chi connectivity index (χ3n) is 2.78. The van der Waals surface area contributed by atoms with E-state index in [0.717, 1.165) is 8.58 Å². The predicted octanol–water partition coefficient (Wildman–Crippen LogP) is 4.69. The minimum Gasteiger partial charge on any atom is -0.0800 e. The summed E-state index contributed by atoms with van der Waals surface area (Å²) in [6, 6.07) is 19.2. The van der Waals surface area contributed by atoms with Gasteiger partial charge in [0.15, 0.2) is 0 Å². The summed E-state index contributed by atoms with van der Waals surface area (Å²) in [7, 11) is 0.775. The SMILES string of the molecule is CC(C)(Pc1ccccc1)c1ccccc1Br. The lowest BCUT2D eigenvalue weighted by Gasteiger charge is -2.26. The summed E-state index contributed by atoms with van der Waals surface area (Å²) in [6.45, 7) is 4.61. The molecule has 0 heterocycles. The van der Waals surface area contributed by atoms with Gasteiger partial charge in [0.2, 0.25) is 0 Å². The van der Waals surface area contributed by atoms with E-state index in [1.807, 2.05) is 0 Å². The quantitative estimate of drug-likeness (QED) is 0.722. The fourth-order valence-electron chi connectivity index (χ4n) is 1.92. The number of hydrogen-bond donors (Lipinski definition) is 0. The Hall–Kier alpha value is -0.650. The molecule has 1 atom stereocenters. The molecule has 0 amide bonds. The lowest BCUT2D eigenvalue weighted by molar-refractivity contribution is 0.773. The van der Waals surface area contributed by atoms with Gasteiger partial charge >= 0.3 is 0 Å². The lowest BCUT2D eigenvalue weighted by Crippen LogP contribution is -2.15. The van der Waals surface area contributed by atoms with Crippen molar-refractivity contribution in [3.63, 3.8) is 0 Å². The van der Waals surface area contributed by atoms with Gasteiger partial charge < -0.3 is 0 Å². The van der Waals surface area contributed by atoms with Crippen LogP contribution < -0.4 is 5.30 Å². The van der Waals surface area contributed by atoms with Crippen molar-refractivity contribution in [2.45, 2.75) is 19.0 Å². The van der Waals surface area contributed by atoms with Crippen molar-refractivity contribution < 1.29 is 0 Å². The molecule has 0 saturated heterocycles. The van der Waals surface area contributed by atoms with Crippen LogP contribution in [0.4, 0.5) is 0 Å². The minimum atomic E-state index is 0.168. The molecule has 0 fully saturated rings. The van der Waals surface area contributed by atoms with Crippen LogP contribution in [0.5, 0.6) is 0 Å². The van der Waals surface area contributed by atoms with Crippen molar-refractivity contribution in [3.05, 3.63) is 64.6 Å². The molecular formula is C15H16BrP. The second-order valence-electron chi connectivity index (χ2n) is 4.60. The zero-order valence-electron chi connectivity index (χ0n) is 10.1. The normalized spacial score (nSPS) is 12.2. The molecule has 88 valence electrons. The molecule has 0 radical (unpaired) electrons. The summed E-state index contributed by atoms with van der Waals surface area (Å²) in [4.78, 5) is 0. The van der Waals surface area contributed by atoms with E-state index in [1.54, 1.807) is 0 Å². The van der Waals surface area contributed by atoms with Crippen LogP contribution in [-0.4, -0.2) is 0 Å². The van der Waals surface area contributed by atoms with Crippen LogP contribution in [0.3, 0.4) is 0 Å². The predicted molar refractivity (Wildman–Crippen MR) is 81.6 cm³/mol. The largest absolute Gasteiger partial charge is 0.0800 e. The fraction of sp³-hybridized carbons (Fsp3) is 0.200. The summed E-state index contributed by atoms with van der Waals surface area (Å²) >= 11 is 3.65. The number of rotatable bonds is 3. The maximum absolute atomic E-state index is 3.65. The highest BCUT2D eigenvalue weighted by molar-refractivity contribution is 9.10. The summed E-state index contributed by atoms with van der Waals surface area (Å²) in [5.74, 6) is 0. The Labute approximate surface area is 113 Å². The van der Waals surface area contributed by atoms with Gasteiger partial charge in [-0.2, -0.15) is 0 Å². The number of benzene rings is 2. The maximum Gasteiger partial charge on any atom is 0.0216 e. The Morgan fingerprint density at radius 1 is 0.882 bits per heavy atom. The van der Waals surface area contributed by atoms with Crippen LogP contribution >= 0.6 is 24.5 Å². The van der Waals surface area contributed by atoms with Crippen LogP contribution in [0.1, 0.15) is 19.4 Å². The molecule has 2 heteroatoms. The summed E-state index contributed by atoms with van der Waals surface area (Å²) < 4.78 is 1.20. The third-order valence-corrected chi connectivity index (χ3v) is 4.99. The van der Waals surface area contributed by atoms with Gasteiger partial charge in [0.25, 0.3) is 0 Å². The third kappa shape index (κ3) is 3.18. The number of halogens is 1. The average molecular weight is 307 g/mol. The summed E-state index contributed by atoms with van der Waals surface area (Å²) in [6.07, 6.45) is 0. The van der Waals surface area contributed by atoms with Gasteiger partial charge in [-0.3, -0.25) is 0 Å². The van der Waals surface area contributed by atoms with E-state index >= 15 is 0 Å². The van der Waals surface area contributed by atoms with Crippen LogP contribution in [0.15, 0.2) is 59.1 Å². The van der Waals surface area contributed by atoms with Gasteiger partial charge in [-0.25, -0.2) is 0 Å². The van der Waals surface area contributed by atoms with Crippen molar-refractivity contribution in [1.82, 2.24) is 0 Å². The van der Waals surface area contributed by atoms with Gasteiger partial charge in [0.1, 0.15) is 0 Å². The Bertz CT molecular complexity index is 491. The fourth-order valence-corrected chi connectivity index (χ4v) is 4.31. The molecule has 0 saturated carbocycles. The molecule has 2 rings (SSSR count). The van der Waals surface area contributed by atoms with Gasteiger partial charge in [-0.1, -0.05) is 86.9 Å². The molecule has 0 N–H and O–H groups in total. The molecule has 0 spiro atoms. The molecule has 2 aromatic carbocycles. The topological polar surface area (TPSA) is 0 Å². The van der Waals surface area contributed by atoms with Crippen molar-refractivity contribution >= 4 is 29.8 Å². The zero-order chi connectivity index (χ0) is 12.3. The molecule has 0 aliphatic rings. The molecule has 1 unspecified atom stereocenters. The van der Waals surface area contributed by atoms with Gasteiger partial charge in [0, 0.05) is 9.63 Å². The molecule has 2 aromatic rings. The Balaban J connectivity index is 2.28. The van der Waals surface area contributed by atoms with Gasteiger partial charge in [-0.05, 0) is 16.9 Å². The second kappa shape index (κ2) is 5.33. The summed E-state index contributed by atoms with van der Waals surface area (Å²) in [5, 5.41) is 1.58. The van der Waals surface area contributed by atoms with Crippen molar-refractivity contribution in [1.29, 1.82) is 0 Å². The molecule has 0 aliphatic carbocycles. The van der Waals surface area contributed by atoms with Crippen molar-refractivity contribution in [2.75, 3.05) is 0 Å². The molecule has 0 aromatic heterocycles. The second-order valence-corrected chi connectivity index (χ2v) is 7.53. The van der Waals surface area contributed by atoms with Gasteiger partial charge in [-0.15, -0.1) is 0 Å².